The van der Waals surface area contributed by atoms with Gasteiger partial charge < -0.3 is 4.74 Å². The molecule has 0 unspecified atom stereocenters. The third-order valence-corrected chi connectivity index (χ3v) is 6.83. The number of halogens is 7. The first-order valence-corrected chi connectivity index (χ1v) is 11.9. The molecule has 0 amide bonds. The number of hydrogen-bond acceptors (Lipinski definition) is 1. The van der Waals surface area contributed by atoms with Crippen LogP contribution in [0, 0.1) is 35.0 Å². The summed E-state index contributed by atoms with van der Waals surface area (Å²) >= 11 is 0. The van der Waals surface area contributed by atoms with Crippen LogP contribution in [-0.4, -0.2) is 0 Å². The van der Waals surface area contributed by atoms with Crippen molar-refractivity contribution >= 4 is 0 Å². The van der Waals surface area contributed by atoms with Crippen LogP contribution in [0.15, 0.2) is 48.5 Å². The molecule has 0 spiro atoms. The summed E-state index contributed by atoms with van der Waals surface area (Å²) in [5.74, 6) is -7.47. The lowest BCUT2D eigenvalue weighted by Gasteiger charge is -2.29. The molecule has 1 saturated carbocycles. The van der Waals surface area contributed by atoms with Gasteiger partial charge in [0.1, 0.15) is 5.75 Å². The third-order valence-electron chi connectivity index (χ3n) is 6.83. The molecule has 36 heavy (non-hydrogen) atoms. The van der Waals surface area contributed by atoms with Crippen molar-refractivity contribution in [3.05, 3.63) is 88.7 Å². The van der Waals surface area contributed by atoms with Crippen LogP contribution in [0.5, 0.6) is 5.75 Å². The third kappa shape index (κ3) is 5.37. The first-order valence-electron chi connectivity index (χ1n) is 11.9. The second-order valence-corrected chi connectivity index (χ2v) is 9.23. The number of ether oxygens (including phenoxy) is 1. The summed E-state index contributed by atoms with van der Waals surface area (Å²) in [7, 11) is 0. The van der Waals surface area contributed by atoms with E-state index in [2.05, 4.69) is 11.7 Å². The normalized spacial score (nSPS) is 18.3. The van der Waals surface area contributed by atoms with E-state index < -0.39 is 46.5 Å². The highest BCUT2D eigenvalue weighted by atomic mass is 19.3. The van der Waals surface area contributed by atoms with Gasteiger partial charge in [-0.1, -0.05) is 44.0 Å². The van der Waals surface area contributed by atoms with Crippen molar-refractivity contribution in [2.45, 2.75) is 57.5 Å². The second kappa shape index (κ2) is 10.5. The molecule has 0 heterocycles. The molecule has 0 atom stereocenters. The summed E-state index contributed by atoms with van der Waals surface area (Å²) in [5, 5.41) is 0. The highest BCUT2D eigenvalue weighted by Gasteiger charge is 2.35. The van der Waals surface area contributed by atoms with Crippen molar-refractivity contribution in [2.75, 3.05) is 0 Å². The van der Waals surface area contributed by atoms with Crippen LogP contribution in [-0.2, 0) is 6.11 Å². The van der Waals surface area contributed by atoms with Crippen LogP contribution in [0.4, 0.5) is 30.7 Å². The summed E-state index contributed by atoms with van der Waals surface area (Å²) in [5.41, 5.74) is -0.267. The van der Waals surface area contributed by atoms with Crippen molar-refractivity contribution in [2.24, 2.45) is 5.92 Å². The van der Waals surface area contributed by atoms with Gasteiger partial charge in [0.15, 0.2) is 29.1 Å². The molecular weight excluding hydrogens is 485 g/mol. The second-order valence-electron chi connectivity index (χ2n) is 9.23. The Kier molecular flexibility index (Phi) is 7.62. The first-order chi connectivity index (χ1) is 17.1. The van der Waals surface area contributed by atoms with Gasteiger partial charge in [-0.2, -0.15) is 8.78 Å². The van der Waals surface area contributed by atoms with Crippen molar-refractivity contribution in [1.29, 1.82) is 0 Å². The molecule has 1 aliphatic rings. The maximum absolute atomic E-state index is 15.0. The lowest BCUT2D eigenvalue weighted by molar-refractivity contribution is -0.185. The smallest absolute Gasteiger partial charge is 0.426 e. The lowest BCUT2D eigenvalue weighted by atomic mass is 9.77. The quantitative estimate of drug-likeness (QED) is 0.227. The summed E-state index contributed by atoms with van der Waals surface area (Å²) < 4.78 is 103. The molecule has 4 rings (SSSR count). The largest absolute Gasteiger partial charge is 0.429 e. The highest BCUT2D eigenvalue weighted by molar-refractivity contribution is 5.65. The topological polar surface area (TPSA) is 9.23 Å². The number of rotatable bonds is 7. The molecule has 8 heteroatoms. The maximum Gasteiger partial charge on any atom is 0.426 e. The van der Waals surface area contributed by atoms with Crippen LogP contribution >= 0.6 is 0 Å². The molecule has 1 aliphatic carbocycles. The SMILES string of the molecule is CCCC1CCC(c2ccc(-c3ccc(C(F)(F)Oc4cc(F)c(F)c(F)c4)cc3)c(F)c2F)CC1. The number of hydrogen-bond donors (Lipinski definition) is 0. The van der Waals surface area contributed by atoms with Gasteiger partial charge >= 0.3 is 6.11 Å². The van der Waals surface area contributed by atoms with E-state index in [4.69, 9.17) is 0 Å². The molecule has 0 radical (unpaired) electrons. The molecule has 1 nitrogen and oxygen atoms in total. The molecule has 3 aromatic carbocycles. The zero-order chi connectivity index (χ0) is 26.0. The summed E-state index contributed by atoms with van der Waals surface area (Å²) in [6.45, 7) is 2.13. The summed E-state index contributed by atoms with van der Waals surface area (Å²) in [6.07, 6.45) is 1.78. The predicted octanol–water partition coefficient (Wildman–Crippen LogP) is 9.25. The van der Waals surface area contributed by atoms with Crippen molar-refractivity contribution < 1.29 is 35.5 Å². The fourth-order valence-electron chi connectivity index (χ4n) is 4.91. The van der Waals surface area contributed by atoms with Gasteiger partial charge in [0.2, 0.25) is 0 Å². The fraction of sp³-hybridized carbons (Fsp3) is 0.357. The molecule has 1 fully saturated rings. The zero-order valence-corrected chi connectivity index (χ0v) is 19.6. The van der Waals surface area contributed by atoms with Crippen LogP contribution in [0.25, 0.3) is 11.1 Å². The molecule has 192 valence electrons. The minimum Gasteiger partial charge on any atom is -0.429 e. The Morgan fingerprint density at radius 1 is 0.778 bits per heavy atom. The molecule has 0 N–H and O–H groups in total. The van der Waals surface area contributed by atoms with Gasteiger partial charge in [-0.05, 0) is 60.8 Å². The zero-order valence-electron chi connectivity index (χ0n) is 19.6. The van der Waals surface area contributed by atoms with E-state index in [1.165, 1.54) is 18.2 Å². The van der Waals surface area contributed by atoms with Crippen molar-refractivity contribution in [1.82, 2.24) is 0 Å². The Morgan fingerprint density at radius 2 is 1.39 bits per heavy atom. The molecule has 0 saturated heterocycles. The van der Waals surface area contributed by atoms with Gasteiger partial charge in [0, 0.05) is 17.7 Å². The van der Waals surface area contributed by atoms with Gasteiger partial charge in [-0.3, -0.25) is 0 Å². The van der Waals surface area contributed by atoms with Crippen LogP contribution in [0.3, 0.4) is 0 Å². The average Bonchev–Trinajstić information content (AvgIpc) is 2.85. The Labute approximate surface area is 204 Å². The Bertz CT molecular complexity index is 1190. The highest BCUT2D eigenvalue weighted by Crippen LogP contribution is 2.40. The van der Waals surface area contributed by atoms with Gasteiger partial charge in [0.25, 0.3) is 0 Å². The minimum atomic E-state index is -4.03. The number of benzene rings is 3. The van der Waals surface area contributed by atoms with E-state index in [1.54, 1.807) is 6.07 Å². The van der Waals surface area contributed by atoms with Gasteiger partial charge in [-0.15, -0.1) is 0 Å². The van der Waals surface area contributed by atoms with Gasteiger partial charge in [0.05, 0.1) is 5.56 Å². The van der Waals surface area contributed by atoms with Crippen molar-refractivity contribution in [3.63, 3.8) is 0 Å². The molecule has 0 aliphatic heterocycles. The number of alkyl halides is 2. The first kappa shape index (κ1) is 26.0. The molecule has 0 aromatic heterocycles. The molecule has 0 bridgehead atoms. The van der Waals surface area contributed by atoms with E-state index in [0.29, 0.717) is 23.6 Å². The van der Waals surface area contributed by atoms with E-state index in [9.17, 15) is 30.7 Å². The van der Waals surface area contributed by atoms with E-state index in [0.717, 1.165) is 50.7 Å². The Hall–Kier alpha value is -3.03. The predicted molar refractivity (Wildman–Crippen MR) is 122 cm³/mol. The van der Waals surface area contributed by atoms with Crippen LogP contribution in [0.1, 0.15) is 62.5 Å². The monoisotopic (exact) mass is 510 g/mol. The van der Waals surface area contributed by atoms with Crippen LogP contribution < -0.4 is 4.74 Å². The van der Waals surface area contributed by atoms with E-state index >= 15 is 0 Å². The fourth-order valence-corrected chi connectivity index (χ4v) is 4.91. The lowest BCUT2D eigenvalue weighted by Crippen LogP contribution is -2.22. The Balaban J connectivity index is 1.51. The maximum atomic E-state index is 15.0. The van der Waals surface area contributed by atoms with E-state index in [1.807, 2.05) is 0 Å². The summed E-state index contributed by atoms with van der Waals surface area (Å²) in [4.78, 5) is 0. The Morgan fingerprint density at radius 3 is 1.97 bits per heavy atom. The molecular formula is C28H25F7O. The van der Waals surface area contributed by atoms with Crippen LogP contribution in [0.2, 0.25) is 0 Å². The average molecular weight is 510 g/mol. The molecule has 3 aromatic rings. The van der Waals surface area contributed by atoms with E-state index in [-0.39, 0.29) is 17.0 Å². The minimum absolute atomic E-state index is 0.0546. The van der Waals surface area contributed by atoms with Crippen molar-refractivity contribution in [3.8, 4) is 16.9 Å². The van der Waals surface area contributed by atoms with Gasteiger partial charge in [-0.25, -0.2) is 22.0 Å². The standard InChI is InChI=1S/C28H25F7O/c1-2-3-16-4-6-17(7-5-16)21-12-13-22(26(32)25(21)31)18-8-10-19(11-9-18)28(34,35)36-20-14-23(29)27(33)24(30)15-20/h8-17H,2-7H2,1H3. The summed E-state index contributed by atoms with van der Waals surface area (Å²) in [6, 6.07) is 7.82.